The third-order valence-electron chi connectivity index (χ3n) is 4.46. The van der Waals surface area contributed by atoms with E-state index in [0.29, 0.717) is 5.16 Å². The Labute approximate surface area is 157 Å². The molecule has 0 unspecified atom stereocenters. The third-order valence-corrected chi connectivity index (χ3v) is 5.50. The molecule has 0 fully saturated rings. The van der Waals surface area contributed by atoms with Gasteiger partial charge in [-0.05, 0) is 73.9 Å². The Morgan fingerprint density at radius 3 is 2.46 bits per heavy atom. The molecule has 5 nitrogen and oxygen atoms in total. The number of thioether (sulfide) groups is 1. The zero-order valence-corrected chi connectivity index (χ0v) is 16.5. The first-order valence-corrected chi connectivity index (χ1v) is 9.39. The van der Waals surface area contributed by atoms with Crippen molar-refractivity contribution in [2.24, 2.45) is 0 Å². The van der Waals surface area contributed by atoms with Gasteiger partial charge in [0.15, 0.2) is 5.78 Å². The molecular formula is C20H22N4OS. The lowest BCUT2D eigenvalue weighted by Crippen LogP contribution is -2.15. The quantitative estimate of drug-likeness (QED) is 0.499. The lowest BCUT2D eigenvalue weighted by Gasteiger charge is -2.12. The summed E-state index contributed by atoms with van der Waals surface area (Å²) in [6.45, 7) is 10.0. The van der Waals surface area contributed by atoms with Crippen LogP contribution in [0, 0.1) is 27.7 Å². The van der Waals surface area contributed by atoms with Crippen LogP contribution in [-0.4, -0.2) is 31.2 Å². The van der Waals surface area contributed by atoms with Crippen molar-refractivity contribution in [1.82, 2.24) is 20.2 Å². The molecule has 0 saturated carbocycles. The summed E-state index contributed by atoms with van der Waals surface area (Å²) in [6.07, 6.45) is 0. The normalized spacial score (nSPS) is 12.2. The van der Waals surface area contributed by atoms with E-state index in [2.05, 4.69) is 28.5 Å². The fraction of sp³-hybridized carbons (Fsp3) is 0.300. The number of tetrazole rings is 1. The van der Waals surface area contributed by atoms with E-state index < -0.39 is 0 Å². The van der Waals surface area contributed by atoms with Crippen LogP contribution in [0.25, 0.3) is 5.69 Å². The topological polar surface area (TPSA) is 60.7 Å². The van der Waals surface area contributed by atoms with Gasteiger partial charge in [0.25, 0.3) is 0 Å². The molecule has 0 aliphatic rings. The van der Waals surface area contributed by atoms with Gasteiger partial charge in [0.2, 0.25) is 5.16 Å². The van der Waals surface area contributed by atoms with Gasteiger partial charge >= 0.3 is 0 Å². The lowest BCUT2D eigenvalue weighted by atomic mass is 10.0. The van der Waals surface area contributed by atoms with Crippen molar-refractivity contribution in [1.29, 1.82) is 0 Å². The molecule has 1 atom stereocenters. The Morgan fingerprint density at radius 1 is 1.00 bits per heavy atom. The molecule has 3 rings (SSSR count). The fourth-order valence-electron chi connectivity index (χ4n) is 2.79. The number of Topliss-reactive ketones (excluding diaryl/α,β-unsaturated/α-hetero) is 1. The van der Waals surface area contributed by atoms with Gasteiger partial charge in [0, 0.05) is 5.56 Å². The van der Waals surface area contributed by atoms with Gasteiger partial charge < -0.3 is 0 Å². The number of nitrogens with zero attached hydrogens (tertiary/aromatic N) is 4. The second-order valence-corrected chi connectivity index (χ2v) is 7.89. The summed E-state index contributed by atoms with van der Waals surface area (Å²) in [6, 6.07) is 11.9. The average Bonchev–Trinajstić information content (AvgIpc) is 3.04. The molecule has 26 heavy (non-hydrogen) atoms. The highest BCUT2D eigenvalue weighted by molar-refractivity contribution is 8.00. The van der Waals surface area contributed by atoms with E-state index in [-0.39, 0.29) is 11.0 Å². The Kier molecular flexibility index (Phi) is 5.23. The highest BCUT2D eigenvalue weighted by Gasteiger charge is 2.21. The number of benzene rings is 2. The Bertz CT molecular complexity index is 964. The second-order valence-electron chi connectivity index (χ2n) is 6.59. The predicted molar refractivity (Wildman–Crippen MR) is 104 cm³/mol. The molecule has 0 amide bonds. The maximum absolute atomic E-state index is 12.8. The van der Waals surface area contributed by atoms with Crippen LogP contribution >= 0.6 is 11.8 Å². The number of aryl methyl sites for hydroxylation is 4. The van der Waals surface area contributed by atoms with Gasteiger partial charge in [-0.1, -0.05) is 41.6 Å². The van der Waals surface area contributed by atoms with Crippen LogP contribution in [0.4, 0.5) is 0 Å². The van der Waals surface area contributed by atoms with Gasteiger partial charge in [-0.25, -0.2) is 0 Å². The first-order valence-electron chi connectivity index (χ1n) is 8.51. The van der Waals surface area contributed by atoms with E-state index in [4.69, 9.17) is 0 Å². The second kappa shape index (κ2) is 7.41. The highest BCUT2D eigenvalue weighted by Crippen LogP contribution is 2.27. The van der Waals surface area contributed by atoms with Crippen LogP contribution in [0.3, 0.4) is 0 Å². The molecule has 0 N–H and O–H groups in total. The molecule has 0 radical (unpaired) electrons. The molecule has 134 valence electrons. The molecule has 0 aliphatic carbocycles. The summed E-state index contributed by atoms with van der Waals surface area (Å²) in [7, 11) is 0. The Morgan fingerprint density at radius 2 is 1.77 bits per heavy atom. The first kappa shape index (κ1) is 18.3. The molecule has 1 heterocycles. The van der Waals surface area contributed by atoms with Crippen LogP contribution in [0.5, 0.6) is 0 Å². The number of aromatic nitrogens is 4. The van der Waals surface area contributed by atoms with Crippen molar-refractivity contribution in [3.63, 3.8) is 0 Å². The summed E-state index contributed by atoms with van der Waals surface area (Å²) in [5.74, 6) is 0.0771. The van der Waals surface area contributed by atoms with E-state index >= 15 is 0 Å². The smallest absolute Gasteiger partial charge is 0.214 e. The van der Waals surface area contributed by atoms with E-state index in [9.17, 15) is 4.79 Å². The van der Waals surface area contributed by atoms with Gasteiger partial charge in [-0.3, -0.25) is 4.79 Å². The predicted octanol–water partition coefficient (Wildman–Crippen LogP) is 4.26. The Balaban J connectivity index is 1.84. The van der Waals surface area contributed by atoms with E-state index in [1.807, 2.05) is 58.0 Å². The van der Waals surface area contributed by atoms with Crippen molar-refractivity contribution in [2.75, 3.05) is 0 Å². The molecule has 0 saturated heterocycles. The standard InChI is InChI=1S/C20H22N4OS/c1-12-6-9-18(15(4)10-12)24-20(21-22-23-24)26-16(5)19(25)17-8-7-13(2)14(3)11-17/h6-11,16H,1-5H3/t16-/m1/s1. The fourth-order valence-corrected chi connectivity index (χ4v) is 3.67. The minimum atomic E-state index is -0.285. The molecule has 3 aromatic rings. The van der Waals surface area contributed by atoms with Crippen LogP contribution in [0.1, 0.15) is 39.5 Å². The first-order chi connectivity index (χ1) is 12.4. The molecule has 0 aliphatic heterocycles. The molecule has 2 aromatic carbocycles. The maximum Gasteiger partial charge on any atom is 0.214 e. The molecule has 1 aromatic heterocycles. The Hall–Kier alpha value is -2.47. The molecule has 0 spiro atoms. The summed E-state index contributed by atoms with van der Waals surface area (Å²) in [5.41, 5.74) is 6.22. The summed E-state index contributed by atoms with van der Waals surface area (Å²) in [4.78, 5) is 12.8. The maximum atomic E-state index is 12.8. The summed E-state index contributed by atoms with van der Waals surface area (Å²) >= 11 is 1.37. The lowest BCUT2D eigenvalue weighted by molar-refractivity contribution is 0.0993. The largest absolute Gasteiger partial charge is 0.293 e. The van der Waals surface area contributed by atoms with Crippen LogP contribution in [-0.2, 0) is 0 Å². The zero-order valence-electron chi connectivity index (χ0n) is 15.6. The van der Waals surface area contributed by atoms with Crippen LogP contribution in [0.15, 0.2) is 41.6 Å². The molecular weight excluding hydrogens is 344 g/mol. The van der Waals surface area contributed by atoms with E-state index in [1.165, 1.54) is 22.9 Å². The van der Waals surface area contributed by atoms with Gasteiger partial charge in [0.1, 0.15) is 0 Å². The number of hydrogen-bond donors (Lipinski definition) is 0. The molecule has 6 heteroatoms. The van der Waals surface area contributed by atoms with Crippen LogP contribution in [0.2, 0.25) is 0 Å². The number of hydrogen-bond acceptors (Lipinski definition) is 5. The molecule has 0 bridgehead atoms. The number of rotatable bonds is 5. The zero-order chi connectivity index (χ0) is 18.8. The van der Waals surface area contributed by atoms with E-state index in [1.54, 1.807) is 4.68 Å². The van der Waals surface area contributed by atoms with Gasteiger partial charge in [-0.2, -0.15) is 4.68 Å². The SMILES string of the molecule is Cc1ccc(-n2nnnc2S[C@H](C)C(=O)c2ccc(C)c(C)c2)c(C)c1. The highest BCUT2D eigenvalue weighted by atomic mass is 32.2. The van der Waals surface area contributed by atoms with Crippen molar-refractivity contribution < 1.29 is 4.79 Å². The summed E-state index contributed by atoms with van der Waals surface area (Å²) in [5, 5.41) is 12.4. The van der Waals surface area contributed by atoms with Crippen molar-refractivity contribution in [2.45, 2.75) is 45.0 Å². The minimum absolute atomic E-state index is 0.0771. The van der Waals surface area contributed by atoms with E-state index in [0.717, 1.165) is 22.4 Å². The van der Waals surface area contributed by atoms with Crippen molar-refractivity contribution in [3.05, 3.63) is 64.2 Å². The van der Waals surface area contributed by atoms with Crippen molar-refractivity contribution in [3.8, 4) is 5.69 Å². The minimum Gasteiger partial charge on any atom is -0.293 e. The number of carbonyl (C=O) groups is 1. The number of ketones is 1. The van der Waals surface area contributed by atoms with Gasteiger partial charge in [0.05, 0.1) is 10.9 Å². The van der Waals surface area contributed by atoms with Crippen LogP contribution < -0.4 is 0 Å². The monoisotopic (exact) mass is 366 g/mol. The van der Waals surface area contributed by atoms with Gasteiger partial charge in [-0.15, -0.1) is 5.10 Å². The number of carbonyl (C=O) groups excluding carboxylic acids is 1. The summed E-state index contributed by atoms with van der Waals surface area (Å²) < 4.78 is 1.70. The average molecular weight is 366 g/mol. The third kappa shape index (κ3) is 3.70. The van der Waals surface area contributed by atoms with Crippen molar-refractivity contribution >= 4 is 17.5 Å².